The Morgan fingerprint density at radius 1 is 1.03 bits per heavy atom. The quantitative estimate of drug-likeness (QED) is 0.346. The van der Waals surface area contributed by atoms with E-state index in [1.807, 2.05) is 45.0 Å². The first-order valence-electron chi connectivity index (χ1n) is 12.3. The second-order valence-corrected chi connectivity index (χ2v) is 11.4. The van der Waals surface area contributed by atoms with Gasteiger partial charge in [0.25, 0.3) is 0 Å². The van der Waals surface area contributed by atoms with Gasteiger partial charge < -0.3 is 4.74 Å². The number of hydrogen-bond donors (Lipinski definition) is 0. The van der Waals surface area contributed by atoms with E-state index in [2.05, 4.69) is 14.8 Å². The van der Waals surface area contributed by atoms with Crippen molar-refractivity contribution >= 4 is 29.3 Å². The van der Waals surface area contributed by atoms with Gasteiger partial charge in [-0.05, 0) is 87.8 Å². The monoisotopic (exact) mass is 530 g/mol. The summed E-state index contributed by atoms with van der Waals surface area (Å²) < 4.78 is 21.7. The van der Waals surface area contributed by atoms with Crippen molar-refractivity contribution in [3.63, 3.8) is 0 Å². The summed E-state index contributed by atoms with van der Waals surface area (Å²) in [5.41, 5.74) is 2.11. The van der Waals surface area contributed by atoms with Gasteiger partial charge in [-0.25, -0.2) is 9.18 Å². The smallest absolute Gasteiger partial charge is 0.411 e. The molecule has 1 aliphatic heterocycles. The van der Waals surface area contributed by atoms with E-state index in [9.17, 15) is 9.18 Å². The van der Waals surface area contributed by atoms with Gasteiger partial charge in [0.1, 0.15) is 17.2 Å². The summed E-state index contributed by atoms with van der Waals surface area (Å²) in [6, 6.07) is 10.7. The molecule has 190 valence electrons. The minimum Gasteiger partial charge on any atom is -0.444 e. The maximum atomic E-state index is 14.0. The van der Waals surface area contributed by atoms with E-state index >= 15 is 0 Å². The number of hydrogen-bond acceptors (Lipinski definition) is 4. The van der Waals surface area contributed by atoms with Gasteiger partial charge in [0.05, 0.1) is 23.8 Å². The predicted octanol–water partition coefficient (Wildman–Crippen LogP) is 7.41. The van der Waals surface area contributed by atoms with Crippen LogP contribution in [0.5, 0.6) is 0 Å². The molecule has 3 aromatic rings. The largest absolute Gasteiger partial charge is 0.444 e. The molecule has 2 aromatic carbocycles. The van der Waals surface area contributed by atoms with Gasteiger partial charge in [-0.15, -0.1) is 10.2 Å². The molecule has 0 atom stereocenters. The first-order valence-corrected chi connectivity index (χ1v) is 13.0. The molecule has 0 N–H and O–H groups in total. The first-order chi connectivity index (χ1) is 17.1. The van der Waals surface area contributed by atoms with Crippen molar-refractivity contribution in [2.45, 2.75) is 77.0 Å². The van der Waals surface area contributed by atoms with Gasteiger partial charge in [-0.3, -0.25) is 9.47 Å². The fourth-order valence-corrected chi connectivity index (χ4v) is 5.72. The van der Waals surface area contributed by atoms with Crippen LogP contribution < -0.4 is 0 Å². The highest BCUT2D eigenvalue weighted by atomic mass is 35.5. The van der Waals surface area contributed by atoms with Gasteiger partial charge in [-0.1, -0.05) is 35.3 Å². The van der Waals surface area contributed by atoms with Crippen LogP contribution in [0.15, 0.2) is 36.4 Å². The standard InChI is InChI=1S/C27H29Cl2FN4O2/c1-27(2,3)36-26(35)33-14-18-13-19(28)11-12-22(18)34-23(15-33)31-32-25(34)17-9-7-16(8-10-17)20-5-4-6-21(30)24(20)29/h4-6,11-13,16-17H,7-10,14-15H2,1-3H3/t16-,17-. The number of ether oxygens (including phenoxy) is 1. The van der Waals surface area contributed by atoms with Crippen molar-refractivity contribution in [2.24, 2.45) is 0 Å². The van der Waals surface area contributed by atoms with Crippen LogP contribution in [0.2, 0.25) is 10.0 Å². The number of carbonyl (C=O) groups excluding carboxylic acids is 1. The second-order valence-electron chi connectivity index (χ2n) is 10.6. The minimum absolute atomic E-state index is 0.187. The van der Waals surface area contributed by atoms with Gasteiger partial charge >= 0.3 is 6.09 Å². The Morgan fingerprint density at radius 2 is 1.75 bits per heavy atom. The molecule has 2 aliphatic rings. The second kappa shape index (κ2) is 9.67. The van der Waals surface area contributed by atoms with Gasteiger partial charge in [0.15, 0.2) is 5.82 Å². The third-order valence-electron chi connectivity index (χ3n) is 6.90. The summed E-state index contributed by atoms with van der Waals surface area (Å²) in [6.07, 6.45) is 3.13. The summed E-state index contributed by atoms with van der Waals surface area (Å²) in [5, 5.41) is 9.93. The maximum Gasteiger partial charge on any atom is 0.411 e. The normalized spacial score (nSPS) is 19.9. The van der Waals surface area contributed by atoms with E-state index < -0.39 is 11.7 Å². The highest BCUT2D eigenvalue weighted by molar-refractivity contribution is 6.31. The lowest BCUT2D eigenvalue weighted by molar-refractivity contribution is 0.0214. The summed E-state index contributed by atoms with van der Waals surface area (Å²) >= 11 is 12.6. The lowest BCUT2D eigenvalue weighted by Crippen LogP contribution is -2.35. The molecule has 1 amide bonds. The molecule has 0 bridgehead atoms. The predicted molar refractivity (Wildman–Crippen MR) is 137 cm³/mol. The first kappa shape index (κ1) is 25.0. The van der Waals surface area contributed by atoms with Crippen LogP contribution in [0.4, 0.5) is 9.18 Å². The third-order valence-corrected chi connectivity index (χ3v) is 7.53. The molecule has 0 unspecified atom stereocenters. The summed E-state index contributed by atoms with van der Waals surface area (Å²) in [5.74, 6) is 1.59. The average Bonchev–Trinajstić information content (AvgIpc) is 3.15. The lowest BCUT2D eigenvalue weighted by Gasteiger charge is -2.29. The van der Waals surface area contributed by atoms with Crippen LogP contribution in [-0.4, -0.2) is 31.4 Å². The number of aromatic nitrogens is 3. The van der Waals surface area contributed by atoms with Gasteiger partial charge in [0, 0.05) is 10.9 Å². The Kier molecular flexibility index (Phi) is 6.72. The zero-order chi connectivity index (χ0) is 25.6. The fourth-order valence-electron chi connectivity index (χ4n) is 5.24. The van der Waals surface area contributed by atoms with E-state index in [-0.39, 0.29) is 29.2 Å². The van der Waals surface area contributed by atoms with Gasteiger partial charge in [0.2, 0.25) is 0 Å². The number of carbonyl (C=O) groups is 1. The Morgan fingerprint density at radius 3 is 2.47 bits per heavy atom. The molecule has 6 nitrogen and oxygen atoms in total. The number of rotatable bonds is 2. The number of halogens is 3. The molecular formula is C27H29Cl2FN4O2. The van der Waals surface area contributed by atoms with Crippen LogP contribution in [0.25, 0.3) is 5.69 Å². The average molecular weight is 531 g/mol. The van der Waals surface area contributed by atoms with Crippen LogP contribution in [0.1, 0.15) is 81.1 Å². The minimum atomic E-state index is -0.609. The molecule has 0 spiro atoms. The molecular weight excluding hydrogens is 502 g/mol. The van der Waals surface area contributed by atoms with E-state index in [4.69, 9.17) is 27.9 Å². The molecule has 0 saturated heterocycles. The topological polar surface area (TPSA) is 60.2 Å². The van der Waals surface area contributed by atoms with Crippen molar-refractivity contribution in [3.8, 4) is 5.69 Å². The number of amides is 1. The Balaban J connectivity index is 1.44. The summed E-state index contributed by atoms with van der Waals surface area (Å²) in [7, 11) is 0. The molecule has 9 heteroatoms. The molecule has 1 aromatic heterocycles. The number of benzene rings is 2. The molecule has 2 heterocycles. The molecule has 1 fully saturated rings. The van der Waals surface area contributed by atoms with Crippen molar-refractivity contribution in [3.05, 3.63) is 75.0 Å². The molecule has 1 aliphatic carbocycles. The fraction of sp³-hybridized carbons (Fsp3) is 0.444. The summed E-state index contributed by atoms with van der Waals surface area (Å²) in [4.78, 5) is 14.6. The summed E-state index contributed by atoms with van der Waals surface area (Å²) in [6.45, 7) is 6.19. The van der Waals surface area contributed by atoms with E-state index in [1.165, 1.54) is 6.07 Å². The Bertz CT molecular complexity index is 1300. The van der Waals surface area contributed by atoms with E-state index in [1.54, 1.807) is 11.0 Å². The third kappa shape index (κ3) is 4.96. The highest BCUT2D eigenvalue weighted by Crippen LogP contribution is 2.43. The zero-order valence-electron chi connectivity index (χ0n) is 20.6. The van der Waals surface area contributed by atoms with Crippen LogP contribution in [0, 0.1) is 5.82 Å². The van der Waals surface area contributed by atoms with Gasteiger partial charge in [-0.2, -0.15) is 0 Å². The van der Waals surface area contributed by atoms with Crippen molar-refractivity contribution < 1.29 is 13.9 Å². The lowest BCUT2D eigenvalue weighted by atomic mass is 9.78. The van der Waals surface area contributed by atoms with Crippen molar-refractivity contribution in [1.82, 2.24) is 19.7 Å². The highest BCUT2D eigenvalue weighted by Gasteiger charge is 2.33. The number of fused-ring (bicyclic) bond motifs is 3. The Labute approximate surface area is 220 Å². The number of nitrogens with zero attached hydrogens (tertiary/aromatic N) is 4. The molecule has 0 radical (unpaired) electrons. The molecule has 5 rings (SSSR count). The zero-order valence-corrected chi connectivity index (χ0v) is 22.1. The van der Waals surface area contributed by atoms with Crippen LogP contribution in [-0.2, 0) is 17.8 Å². The van der Waals surface area contributed by atoms with E-state index in [0.29, 0.717) is 17.4 Å². The van der Waals surface area contributed by atoms with Crippen LogP contribution >= 0.6 is 23.2 Å². The molecule has 1 saturated carbocycles. The van der Waals surface area contributed by atoms with Crippen molar-refractivity contribution in [2.75, 3.05) is 0 Å². The van der Waals surface area contributed by atoms with Crippen molar-refractivity contribution in [1.29, 1.82) is 0 Å². The maximum absolute atomic E-state index is 14.0. The Hall–Kier alpha value is -2.64. The molecule has 36 heavy (non-hydrogen) atoms. The van der Waals surface area contributed by atoms with E-state index in [0.717, 1.165) is 48.3 Å². The SMILES string of the molecule is CC(C)(C)OC(=O)N1Cc2cc(Cl)ccc2-n2c(nnc2[C@H]2CC[C@H](c3cccc(F)c3Cl)CC2)C1. The van der Waals surface area contributed by atoms with Crippen LogP contribution in [0.3, 0.4) is 0 Å².